The van der Waals surface area contributed by atoms with Crippen LogP contribution in [0.25, 0.3) is 0 Å². The van der Waals surface area contributed by atoms with Crippen LogP contribution in [0.15, 0.2) is 18.2 Å². The van der Waals surface area contributed by atoms with E-state index in [0.717, 1.165) is 12.2 Å². The highest BCUT2D eigenvalue weighted by atomic mass is 16.6. The Morgan fingerprint density at radius 2 is 2.29 bits per heavy atom. The number of nitrogens with one attached hydrogen (secondary N) is 1. The van der Waals surface area contributed by atoms with E-state index in [1.54, 1.807) is 19.1 Å². The van der Waals surface area contributed by atoms with E-state index in [-0.39, 0.29) is 16.7 Å². The van der Waals surface area contributed by atoms with Crippen LogP contribution in [0, 0.1) is 23.0 Å². The van der Waals surface area contributed by atoms with Gasteiger partial charge in [-0.3, -0.25) is 10.1 Å². The number of nitro groups is 1. The summed E-state index contributed by atoms with van der Waals surface area (Å²) in [6.07, 6.45) is 2.45. The molecule has 0 heterocycles. The van der Waals surface area contributed by atoms with Crippen molar-refractivity contribution >= 4 is 11.4 Å². The summed E-state index contributed by atoms with van der Waals surface area (Å²) in [6, 6.07) is 5.23. The van der Waals surface area contributed by atoms with Gasteiger partial charge < -0.3 is 11.1 Å². The van der Waals surface area contributed by atoms with Gasteiger partial charge in [-0.25, -0.2) is 0 Å². The molecule has 1 aromatic rings. The van der Waals surface area contributed by atoms with Crippen LogP contribution in [0.2, 0.25) is 0 Å². The van der Waals surface area contributed by atoms with Crippen molar-refractivity contribution in [3.05, 3.63) is 33.9 Å². The standard InChI is InChI=1S/C12H17N3O2/c1-8-6-10(4-5-12(8)15(16)17)14-7-11(13)9-2-3-9/h4-6,9,11,14H,2-3,7,13H2,1H3. The van der Waals surface area contributed by atoms with E-state index >= 15 is 0 Å². The third kappa shape index (κ3) is 2.94. The Bertz CT molecular complexity index is 430. The lowest BCUT2D eigenvalue weighted by Crippen LogP contribution is -2.31. The molecule has 0 amide bonds. The molecule has 0 saturated heterocycles. The minimum Gasteiger partial charge on any atom is -0.383 e. The predicted molar refractivity (Wildman–Crippen MR) is 67.0 cm³/mol. The van der Waals surface area contributed by atoms with Gasteiger partial charge in [0.25, 0.3) is 5.69 Å². The molecule has 3 N–H and O–H groups in total. The molecule has 5 nitrogen and oxygen atoms in total. The molecular formula is C12H17N3O2. The fourth-order valence-corrected chi connectivity index (χ4v) is 1.90. The van der Waals surface area contributed by atoms with Crippen LogP contribution in [0.3, 0.4) is 0 Å². The van der Waals surface area contributed by atoms with Crippen molar-refractivity contribution < 1.29 is 4.92 Å². The van der Waals surface area contributed by atoms with Gasteiger partial charge in [0.2, 0.25) is 0 Å². The lowest BCUT2D eigenvalue weighted by molar-refractivity contribution is -0.385. The van der Waals surface area contributed by atoms with Crippen LogP contribution < -0.4 is 11.1 Å². The Morgan fingerprint density at radius 3 is 2.82 bits per heavy atom. The Kier molecular flexibility index (Phi) is 3.28. The molecular weight excluding hydrogens is 218 g/mol. The first-order valence-corrected chi connectivity index (χ1v) is 5.82. The second-order valence-corrected chi connectivity index (χ2v) is 4.64. The molecule has 0 aliphatic heterocycles. The van der Waals surface area contributed by atoms with Crippen molar-refractivity contribution in [3.63, 3.8) is 0 Å². The molecule has 1 atom stereocenters. The van der Waals surface area contributed by atoms with Gasteiger partial charge >= 0.3 is 0 Å². The molecule has 1 aliphatic rings. The molecule has 1 aliphatic carbocycles. The monoisotopic (exact) mass is 235 g/mol. The van der Waals surface area contributed by atoms with Gasteiger partial charge in [0.05, 0.1) is 4.92 Å². The summed E-state index contributed by atoms with van der Waals surface area (Å²) in [5.74, 6) is 0.654. The molecule has 1 fully saturated rings. The Labute approximate surface area is 100 Å². The fourth-order valence-electron chi connectivity index (χ4n) is 1.90. The zero-order chi connectivity index (χ0) is 12.4. The average Bonchev–Trinajstić information content (AvgIpc) is 3.09. The first-order chi connectivity index (χ1) is 8.08. The van der Waals surface area contributed by atoms with Crippen molar-refractivity contribution in [2.45, 2.75) is 25.8 Å². The summed E-state index contributed by atoms with van der Waals surface area (Å²) >= 11 is 0. The van der Waals surface area contributed by atoms with Gasteiger partial charge in [0.1, 0.15) is 0 Å². The van der Waals surface area contributed by atoms with E-state index in [4.69, 9.17) is 5.73 Å². The second-order valence-electron chi connectivity index (χ2n) is 4.64. The van der Waals surface area contributed by atoms with E-state index in [2.05, 4.69) is 5.32 Å². The molecule has 0 aromatic heterocycles. The minimum atomic E-state index is -0.366. The molecule has 0 spiro atoms. The number of hydrogen-bond acceptors (Lipinski definition) is 4. The lowest BCUT2D eigenvalue weighted by atomic mass is 10.1. The smallest absolute Gasteiger partial charge is 0.272 e. The molecule has 0 bridgehead atoms. The number of hydrogen-bond donors (Lipinski definition) is 2. The van der Waals surface area contributed by atoms with E-state index < -0.39 is 0 Å². The van der Waals surface area contributed by atoms with E-state index in [1.807, 2.05) is 0 Å². The Morgan fingerprint density at radius 1 is 1.59 bits per heavy atom. The van der Waals surface area contributed by atoms with Crippen LogP contribution >= 0.6 is 0 Å². The number of nitrogens with two attached hydrogens (primary N) is 1. The molecule has 5 heteroatoms. The quantitative estimate of drug-likeness (QED) is 0.604. The minimum absolute atomic E-state index is 0.155. The summed E-state index contributed by atoms with van der Waals surface area (Å²) in [6.45, 7) is 2.46. The van der Waals surface area contributed by atoms with Gasteiger partial charge in [0, 0.05) is 29.9 Å². The summed E-state index contributed by atoms with van der Waals surface area (Å²) in [5, 5.41) is 13.9. The lowest BCUT2D eigenvalue weighted by Gasteiger charge is -2.13. The maximum Gasteiger partial charge on any atom is 0.272 e. The van der Waals surface area contributed by atoms with Crippen molar-refractivity contribution in [3.8, 4) is 0 Å². The average molecular weight is 235 g/mol. The zero-order valence-corrected chi connectivity index (χ0v) is 9.85. The van der Waals surface area contributed by atoms with E-state index in [0.29, 0.717) is 11.5 Å². The van der Waals surface area contributed by atoms with E-state index in [9.17, 15) is 10.1 Å². The van der Waals surface area contributed by atoms with Gasteiger partial charge in [-0.2, -0.15) is 0 Å². The number of rotatable bonds is 5. The summed E-state index contributed by atoms with van der Waals surface area (Å²) < 4.78 is 0. The van der Waals surface area contributed by atoms with Crippen molar-refractivity contribution in [2.75, 3.05) is 11.9 Å². The van der Waals surface area contributed by atoms with Crippen molar-refractivity contribution in [1.82, 2.24) is 0 Å². The Hall–Kier alpha value is -1.62. The third-order valence-electron chi connectivity index (χ3n) is 3.16. The topological polar surface area (TPSA) is 81.2 Å². The third-order valence-corrected chi connectivity index (χ3v) is 3.16. The molecule has 1 aromatic carbocycles. The zero-order valence-electron chi connectivity index (χ0n) is 9.85. The first kappa shape index (κ1) is 11.9. The van der Waals surface area contributed by atoms with Crippen LogP contribution in [-0.4, -0.2) is 17.5 Å². The first-order valence-electron chi connectivity index (χ1n) is 5.82. The number of nitro benzene ring substituents is 1. The van der Waals surface area contributed by atoms with Crippen LogP contribution in [0.1, 0.15) is 18.4 Å². The maximum absolute atomic E-state index is 10.7. The highest BCUT2D eigenvalue weighted by molar-refractivity contribution is 5.53. The Balaban J connectivity index is 1.97. The molecule has 0 radical (unpaired) electrons. The van der Waals surface area contributed by atoms with Gasteiger partial charge in [-0.15, -0.1) is 0 Å². The molecule has 17 heavy (non-hydrogen) atoms. The molecule has 1 unspecified atom stereocenters. The number of nitrogens with zero attached hydrogens (tertiary/aromatic N) is 1. The van der Waals surface area contributed by atoms with Gasteiger partial charge in [-0.1, -0.05) is 0 Å². The molecule has 2 rings (SSSR count). The van der Waals surface area contributed by atoms with Gasteiger partial charge in [0.15, 0.2) is 0 Å². The van der Waals surface area contributed by atoms with E-state index in [1.165, 1.54) is 18.9 Å². The number of benzene rings is 1. The van der Waals surface area contributed by atoms with Gasteiger partial charge in [-0.05, 0) is 37.8 Å². The highest BCUT2D eigenvalue weighted by Crippen LogP contribution is 2.31. The fraction of sp³-hybridized carbons (Fsp3) is 0.500. The van der Waals surface area contributed by atoms with Crippen molar-refractivity contribution in [2.24, 2.45) is 11.7 Å². The van der Waals surface area contributed by atoms with Crippen LogP contribution in [-0.2, 0) is 0 Å². The number of aryl methyl sites for hydroxylation is 1. The highest BCUT2D eigenvalue weighted by Gasteiger charge is 2.28. The normalized spacial score (nSPS) is 16.6. The molecule has 92 valence electrons. The second kappa shape index (κ2) is 4.71. The number of anilines is 1. The summed E-state index contributed by atoms with van der Waals surface area (Å²) in [7, 11) is 0. The van der Waals surface area contributed by atoms with Crippen molar-refractivity contribution in [1.29, 1.82) is 0 Å². The SMILES string of the molecule is Cc1cc(NCC(N)C2CC2)ccc1[N+](=O)[O-]. The summed E-state index contributed by atoms with van der Waals surface area (Å²) in [4.78, 5) is 10.3. The van der Waals surface area contributed by atoms with Crippen LogP contribution in [0.5, 0.6) is 0 Å². The summed E-state index contributed by atoms with van der Waals surface area (Å²) in [5.41, 5.74) is 7.69. The largest absolute Gasteiger partial charge is 0.383 e. The van der Waals surface area contributed by atoms with Crippen LogP contribution in [0.4, 0.5) is 11.4 Å². The molecule has 1 saturated carbocycles. The predicted octanol–water partition coefficient (Wildman–Crippen LogP) is 2.05. The maximum atomic E-state index is 10.7.